The second-order valence-electron chi connectivity index (χ2n) is 6.74. The van der Waals surface area contributed by atoms with Crippen LogP contribution in [0.4, 0.5) is 10.6 Å². The predicted octanol–water partition coefficient (Wildman–Crippen LogP) is 0.388. The van der Waals surface area contributed by atoms with Crippen LogP contribution in [0.3, 0.4) is 0 Å². The summed E-state index contributed by atoms with van der Waals surface area (Å²) in [7, 11) is 1.81. The fourth-order valence-corrected chi connectivity index (χ4v) is 2.59. The Morgan fingerprint density at radius 1 is 1.17 bits per heavy atom. The van der Waals surface area contributed by atoms with E-state index in [4.69, 9.17) is 0 Å². The highest BCUT2D eigenvalue weighted by Crippen LogP contribution is 2.21. The molecule has 2 aromatic rings. The Bertz CT molecular complexity index is 711. The Hall–Kier alpha value is -2.45. The number of aryl methyl sites for hydroxylation is 1. The number of hydrogen-bond acceptors (Lipinski definition) is 6. The molecule has 9 heteroatoms. The quantitative estimate of drug-likeness (QED) is 0.818. The maximum atomic E-state index is 12.2. The zero-order valence-electron chi connectivity index (χ0n) is 13.9. The Morgan fingerprint density at radius 3 is 2.52 bits per heavy atom. The van der Waals surface area contributed by atoms with Gasteiger partial charge in [0.15, 0.2) is 17.0 Å². The molecule has 1 fully saturated rings. The lowest BCUT2D eigenvalue weighted by Gasteiger charge is -2.36. The third kappa shape index (κ3) is 3.17. The highest BCUT2D eigenvalue weighted by molar-refractivity contribution is 5.82. The number of rotatable bonds is 1. The van der Waals surface area contributed by atoms with Gasteiger partial charge >= 0.3 is 6.03 Å². The molecule has 3 rings (SSSR count). The molecule has 0 spiro atoms. The lowest BCUT2D eigenvalue weighted by molar-refractivity contribution is 0.185. The summed E-state index contributed by atoms with van der Waals surface area (Å²) in [5.41, 5.74) is 1.18. The molecule has 0 atom stereocenters. The number of amides is 2. The molecular formula is C14H22N8O. The van der Waals surface area contributed by atoms with Crippen LogP contribution in [-0.4, -0.2) is 67.6 Å². The summed E-state index contributed by atoms with van der Waals surface area (Å²) in [6, 6.07) is -0.0236. The lowest BCUT2D eigenvalue weighted by Crippen LogP contribution is -2.55. The lowest BCUT2D eigenvalue weighted by atomic mass is 10.1. The van der Waals surface area contributed by atoms with Crippen LogP contribution in [0.5, 0.6) is 0 Å². The van der Waals surface area contributed by atoms with Gasteiger partial charge in [-0.15, -0.1) is 5.10 Å². The Morgan fingerprint density at radius 2 is 1.87 bits per heavy atom. The Kier molecular flexibility index (Phi) is 3.78. The topological polar surface area (TPSA) is 92.1 Å². The van der Waals surface area contributed by atoms with Crippen LogP contribution in [0.2, 0.25) is 0 Å². The van der Waals surface area contributed by atoms with Crippen LogP contribution in [0.1, 0.15) is 20.8 Å². The zero-order chi connectivity index (χ0) is 16.6. The fraction of sp³-hybridized carbons (Fsp3) is 0.643. The normalized spacial score (nSPS) is 16.0. The summed E-state index contributed by atoms with van der Waals surface area (Å²) in [6.45, 7) is 8.65. The van der Waals surface area contributed by atoms with Crippen molar-refractivity contribution in [1.29, 1.82) is 0 Å². The van der Waals surface area contributed by atoms with Crippen molar-refractivity contribution in [2.24, 2.45) is 7.05 Å². The summed E-state index contributed by atoms with van der Waals surface area (Å²) in [5.74, 6) is 0.777. The van der Waals surface area contributed by atoms with Gasteiger partial charge in [0.1, 0.15) is 6.33 Å². The molecular weight excluding hydrogens is 296 g/mol. The van der Waals surface area contributed by atoms with Crippen LogP contribution in [0, 0.1) is 0 Å². The van der Waals surface area contributed by atoms with E-state index < -0.39 is 0 Å². The van der Waals surface area contributed by atoms with E-state index in [1.54, 1.807) is 11.7 Å². The molecule has 1 aliphatic rings. The number of hydrogen-bond donors (Lipinski definition) is 1. The molecule has 0 radical (unpaired) electrons. The number of urea groups is 1. The number of carbonyl (C=O) groups is 1. The fourth-order valence-electron chi connectivity index (χ4n) is 2.59. The minimum atomic E-state index is -0.229. The summed E-state index contributed by atoms with van der Waals surface area (Å²) >= 11 is 0. The smallest absolute Gasteiger partial charge is 0.317 e. The first-order chi connectivity index (χ1) is 10.8. The number of piperazine rings is 1. The number of anilines is 1. The molecule has 1 aliphatic heterocycles. The van der Waals surface area contributed by atoms with E-state index in [0.29, 0.717) is 37.3 Å². The molecule has 2 aromatic heterocycles. The predicted molar refractivity (Wildman–Crippen MR) is 86.2 cm³/mol. The van der Waals surface area contributed by atoms with Gasteiger partial charge in [-0.25, -0.2) is 19.4 Å². The minimum absolute atomic E-state index is 0.0236. The monoisotopic (exact) mass is 318 g/mol. The first-order valence-corrected chi connectivity index (χ1v) is 7.67. The number of carbonyl (C=O) groups excluding carboxylic acids is 1. The van der Waals surface area contributed by atoms with Crippen LogP contribution in [0.15, 0.2) is 6.33 Å². The minimum Gasteiger partial charge on any atom is -0.351 e. The van der Waals surface area contributed by atoms with Crippen LogP contribution in [0.25, 0.3) is 11.2 Å². The molecule has 1 saturated heterocycles. The van der Waals surface area contributed by atoms with E-state index in [2.05, 4.69) is 30.5 Å². The van der Waals surface area contributed by atoms with Gasteiger partial charge in [0.25, 0.3) is 0 Å². The van der Waals surface area contributed by atoms with Crippen molar-refractivity contribution in [3.63, 3.8) is 0 Å². The maximum absolute atomic E-state index is 12.2. The summed E-state index contributed by atoms with van der Waals surface area (Å²) in [5, 5.41) is 11.1. The number of nitrogens with one attached hydrogen (secondary N) is 1. The number of aromatic nitrogens is 5. The van der Waals surface area contributed by atoms with Gasteiger partial charge in [0.05, 0.1) is 0 Å². The molecule has 0 aliphatic carbocycles. The van der Waals surface area contributed by atoms with Crippen LogP contribution >= 0.6 is 0 Å². The summed E-state index contributed by atoms with van der Waals surface area (Å²) in [6.07, 6.45) is 1.53. The van der Waals surface area contributed by atoms with E-state index in [0.717, 1.165) is 5.82 Å². The van der Waals surface area contributed by atoms with Gasteiger partial charge in [-0.2, -0.15) is 0 Å². The van der Waals surface area contributed by atoms with E-state index in [9.17, 15) is 4.79 Å². The van der Waals surface area contributed by atoms with Crippen molar-refractivity contribution in [1.82, 2.24) is 35.2 Å². The molecule has 0 aromatic carbocycles. The van der Waals surface area contributed by atoms with Crippen molar-refractivity contribution < 1.29 is 4.79 Å². The van der Waals surface area contributed by atoms with Crippen molar-refractivity contribution in [2.45, 2.75) is 26.3 Å². The Labute approximate surface area is 134 Å². The molecule has 0 bridgehead atoms. The van der Waals surface area contributed by atoms with Gasteiger partial charge in [0.2, 0.25) is 0 Å². The number of nitrogens with zero attached hydrogens (tertiary/aromatic N) is 7. The van der Waals surface area contributed by atoms with Crippen molar-refractivity contribution >= 4 is 23.0 Å². The summed E-state index contributed by atoms with van der Waals surface area (Å²) in [4.78, 5) is 24.7. The largest absolute Gasteiger partial charge is 0.351 e. The van der Waals surface area contributed by atoms with Gasteiger partial charge in [-0.1, -0.05) is 5.21 Å². The second kappa shape index (κ2) is 5.64. The van der Waals surface area contributed by atoms with Gasteiger partial charge in [-0.05, 0) is 20.8 Å². The number of fused-ring (bicyclic) bond motifs is 1. The third-order valence-electron chi connectivity index (χ3n) is 3.72. The third-order valence-corrected chi connectivity index (χ3v) is 3.72. The standard InChI is InChI=1S/C14H22N8O/c1-14(2,3)17-13(23)22-7-5-21(6-8-22)12-10-11(15-9-16-12)20(4)19-18-10/h9H,5-8H2,1-4H3,(H,17,23). The van der Waals surface area contributed by atoms with E-state index in [1.807, 2.05) is 25.7 Å². The molecule has 0 unspecified atom stereocenters. The summed E-state index contributed by atoms with van der Waals surface area (Å²) < 4.78 is 1.63. The first-order valence-electron chi connectivity index (χ1n) is 7.67. The SMILES string of the molecule is Cn1nnc2c(N3CCN(C(=O)NC(C)(C)C)CC3)ncnc21. The zero-order valence-corrected chi connectivity index (χ0v) is 13.9. The maximum Gasteiger partial charge on any atom is 0.317 e. The van der Waals surface area contributed by atoms with E-state index in [-0.39, 0.29) is 11.6 Å². The van der Waals surface area contributed by atoms with Crippen molar-refractivity contribution in [3.8, 4) is 0 Å². The van der Waals surface area contributed by atoms with Gasteiger partial charge < -0.3 is 15.1 Å². The van der Waals surface area contributed by atoms with Crippen molar-refractivity contribution in [3.05, 3.63) is 6.33 Å². The van der Waals surface area contributed by atoms with Crippen molar-refractivity contribution in [2.75, 3.05) is 31.1 Å². The average Bonchev–Trinajstić information content (AvgIpc) is 2.87. The van der Waals surface area contributed by atoms with Crippen LogP contribution in [-0.2, 0) is 7.05 Å². The molecule has 23 heavy (non-hydrogen) atoms. The second-order valence-corrected chi connectivity index (χ2v) is 6.74. The highest BCUT2D eigenvalue weighted by Gasteiger charge is 2.26. The first kappa shape index (κ1) is 15.4. The van der Waals surface area contributed by atoms with Gasteiger partial charge in [-0.3, -0.25) is 0 Å². The van der Waals surface area contributed by atoms with E-state index in [1.165, 1.54) is 6.33 Å². The molecule has 9 nitrogen and oxygen atoms in total. The highest BCUT2D eigenvalue weighted by atomic mass is 16.2. The molecule has 0 saturated carbocycles. The van der Waals surface area contributed by atoms with Gasteiger partial charge in [0, 0.05) is 38.8 Å². The van der Waals surface area contributed by atoms with E-state index >= 15 is 0 Å². The Balaban J connectivity index is 1.70. The molecule has 124 valence electrons. The molecule has 2 amide bonds. The molecule has 3 heterocycles. The molecule has 1 N–H and O–H groups in total. The average molecular weight is 318 g/mol. The van der Waals surface area contributed by atoms with Crippen LogP contribution < -0.4 is 10.2 Å².